The fourth-order valence-electron chi connectivity index (χ4n) is 2.42. The van der Waals surface area contributed by atoms with Gasteiger partial charge in [0.1, 0.15) is 5.69 Å². The van der Waals surface area contributed by atoms with E-state index in [-0.39, 0.29) is 17.2 Å². The van der Waals surface area contributed by atoms with Crippen LogP contribution >= 0.6 is 0 Å². The predicted molar refractivity (Wildman–Crippen MR) is 76.9 cm³/mol. The lowest BCUT2D eigenvalue weighted by molar-refractivity contribution is 0.102. The molecule has 0 spiro atoms. The molecule has 0 saturated heterocycles. The van der Waals surface area contributed by atoms with Gasteiger partial charge in [0.2, 0.25) is 5.56 Å². The molecule has 0 atom stereocenters. The van der Waals surface area contributed by atoms with E-state index in [0.717, 1.165) is 30.8 Å². The van der Waals surface area contributed by atoms with Crippen LogP contribution in [0.1, 0.15) is 21.6 Å². The van der Waals surface area contributed by atoms with Crippen LogP contribution in [0.4, 0.5) is 5.69 Å². The molecular weight excluding hydrogens is 254 g/mol. The minimum Gasteiger partial charge on any atom is -0.320 e. The lowest BCUT2D eigenvalue weighted by atomic mass is 9.99. The van der Waals surface area contributed by atoms with Gasteiger partial charge in [-0.1, -0.05) is 18.2 Å². The summed E-state index contributed by atoms with van der Waals surface area (Å²) in [5.74, 6) is -0.297. The average Bonchev–Trinajstić information content (AvgIpc) is 2.47. The lowest BCUT2D eigenvalue weighted by Gasteiger charge is -2.20. The molecule has 0 aliphatic carbocycles. The summed E-state index contributed by atoms with van der Waals surface area (Å²) < 4.78 is 0. The number of benzene rings is 1. The molecule has 2 aromatic rings. The number of fused-ring (bicyclic) bond motifs is 1. The lowest BCUT2D eigenvalue weighted by Crippen LogP contribution is -2.25. The second-order valence-electron chi connectivity index (χ2n) is 4.75. The molecule has 102 valence electrons. The number of amides is 1. The third-order valence-corrected chi connectivity index (χ3v) is 3.40. The van der Waals surface area contributed by atoms with Crippen LogP contribution in [-0.2, 0) is 13.0 Å². The molecule has 5 nitrogen and oxygen atoms in total. The van der Waals surface area contributed by atoms with Gasteiger partial charge in [0.25, 0.3) is 5.91 Å². The molecule has 1 aliphatic rings. The summed E-state index contributed by atoms with van der Waals surface area (Å²) in [7, 11) is 0. The fourth-order valence-corrected chi connectivity index (χ4v) is 2.42. The molecular formula is C15H15N3O2. The number of rotatable bonds is 2. The van der Waals surface area contributed by atoms with Gasteiger partial charge in [-0.3, -0.25) is 9.59 Å². The Morgan fingerprint density at radius 3 is 2.85 bits per heavy atom. The first-order valence-electron chi connectivity index (χ1n) is 6.56. The maximum absolute atomic E-state index is 12.2. The van der Waals surface area contributed by atoms with E-state index in [2.05, 4.69) is 21.7 Å². The number of hydrogen-bond acceptors (Lipinski definition) is 3. The molecule has 1 aromatic heterocycles. The zero-order valence-electron chi connectivity index (χ0n) is 10.9. The van der Waals surface area contributed by atoms with Crippen molar-refractivity contribution in [2.75, 3.05) is 11.9 Å². The van der Waals surface area contributed by atoms with Crippen LogP contribution in [0.3, 0.4) is 0 Å². The van der Waals surface area contributed by atoms with Crippen LogP contribution in [0.2, 0.25) is 0 Å². The first kappa shape index (κ1) is 12.6. The standard InChI is InChI=1S/C15H15N3O2/c19-14-6-2-5-13(17-14)15(20)18-12-4-1-3-10-9-16-8-7-11(10)12/h1-6,16H,7-9H2,(H,17,19)(H,18,20). The molecule has 1 aliphatic heterocycles. The zero-order valence-corrected chi connectivity index (χ0v) is 10.9. The third kappa shape index (κ3) is 2.48. The Kier molecular flexibility index (Phi) is 3.35. The average molecular weight is 269 g/mol. The number of H-pyrrole nitrogens is 1. The van der Waals surface area contributed by atoms with Crippen molar-refractivity contribution in [2.24, 2.45) is 0 Å². The van der Waals surface area contributed by atoms with Gasteiger partial charge in [0, 0.05) is 18.3 Å². The molecule has 2 heterocycles. The highest BCUT2D eigenvalue weighted by Crippen LogP contribution is 2.23. The summed E-state index contributed by atoms with van der Waals surface area (Å²) in [4.78, 5) is 25.9. The van der Waals surface area contributed by atoms with E-state index in [9.17, 15) is 9.59 Å². The first-order valence-corrected chi connectivity index (χ1v) is 6.56. The van der Waals surface area contributed by atoms with Gasteiger partial charge in [-0.25, -0.2) is 0 Å². The zero-order chi connectivity index (χ0) is 13.9. The topological polar surface area (TPSA) is 74.0 Å². The number of anilines is 1. The minimum atomic E-state index is -0.297. The van der Waals surface area contributed by atoms with Crippen LogP contribution in [0.25, 0.3) is 0 Å². The van der Waals surface area contributed by atoms with E-state index in [4.69, 9.17) is 0 Å². The molecule has 20 heavy (non-hydrogen) atoms. The van der Waals surface area contributed by atoms with Gasteiger partial charge in [0.15, 0.2) is 0 Å². The number of carbonyl (C=O) groups excluding carboxylic acids is 1. The van der Waals surface area contributed by atoms with Crippen LogP contribution < -0.4 is 16.2 Å². The Morgan fingerprint density at radius 2 is 2.00 bits per heavy atom. The molecule has 0 fully saturated rings. The fraction of sp³-hybridized carbons (Fsp3) is 0.200. The van der Waals surface area contributed by atoms with Crippen molar-refractivity contribution in [3.63, 3.8) is 0 Å². The molecule has 0 unspecified atom stereocenters. The molecule has 0 bridgehead atoms. The van der Waals surface area contributed by atoms with E-state index in [0.29, 0.717) is 0 Å². The van der Waals surface area contributed by atoms with Crippen molar-refractivity contribution in [3.05, 3.63) is 63.6 Å². The Morgan fingerprint density at radius 1 is 1.15 bits per heavy atom. The van der Waals surface area contributed by atoms with Crippen LogP contribution in [0, 0.1) is 0 Å². The summed E-state index contributed by atoms with van der Waals surface area (Å²) in [5, 5.41) is 6.18. The molecule has 3 N–H and O–H groups in total. The molecule has 0 radical (unpaired) electrons. The molecule has 0 saturated carbocycles. The summed E-state index contributed by atoms with van der Waals surface area (Å²) >= 11 is 0. The maximum atomic E-state index is 12.2. The highest BCUT2D eigenvalue weighted by Gasteiger charge is 2.15. The van der Waals surface area contributed by atoms with E-state index < -0.39 is 0 Å². The summed E-state index contributed by atoms with van der Waals surface area (Å²) in [6.45, 7) is 1.73. The predicted octanol–water partition coefficient (Wildman–Crippen LogP) is 1.27. The van der Waals surface area contributed by atoms with Gasteiger partial charge in [-0.2, -0.15) is 0 Å². The van der Waals surface area contributed by atoms with Crippen LogP contribution in [0.15, 0.2) is 41.2 Å². The summed E-state index contributed by atoms with van der Waals surface area (Å²) in [6.07, 6.45) is 0.886. The van der Waals surface area contributed by atoms with Crippen molar-refractivity contribution in [3.8, 4) is 0 Å². The first-order chi connectivity index (χ1) is 9.74. The van der Waals surface area contributed by atoms with Crippen molar-refractivity contribution < 1.29 is 4.79 Å². The van der Waals surface area contributed by atoms with Crippen LogP contribution in [0.5, 0.6) is 0 Å². The molecule has 5 heteroatoms. The molecule has 1 aromatic carbocycles. The van der Waals surface area contributed by atoms with Crippen molar-refractivity contribution in [1.29, 1.82) is 0 Å². The second kappa shape index (κ2) is 5.30. The third-order valence-electron chi connectivity index (χ3n) is 3.40. The number of pyridine rings is 1. The summed E-state index contributed by atoms with van der Waals surface area (Å²) in [5.41, 5.74) is 3.17. The van der Waals surface area contributed by atoms with Gasteiger partial charge >= 0.3 is 0 Å². The van der Waals surface area contributed by atoms with Crippen LogP contribution in [-0.4, -0.2) is 17.4 Å². The number of nitrogens with one attached hydrogen (secondary N) is 3. The Labute approximate surface area is 116 Å². The highest BCUT2D eigenvalue weighted by atomic mass is 16.2. The van der Waals surface area contributed by atoms with E-state index >= 15 is 0 Å². The van der Waals surface area contributed by atoms with E-state index in [1.165, 1.54) is 11.6 Å². The van der Waals surface area contributed by atoms with E-state index in [1.807, 2.05) is 12.1 Å². The smallest absolute Gasteiger partial charge is 0.272 e. The van der Waals surface area contributed by atoms with Gasteiger partial charge in [-0.15, -0.1) is 0 Å². The van der Waals surface area contributed by atoms with Gasteiger partial charge in [0.05, 0.1) is 0 Å². The number of aromatic amines is 1. The summed E-state index contributed by atoms with van der Waals surface area (Å²) in [6, 6.07) is 10.4. The number of aromatic nitrogens is 1. The van der Waals surface area contributed by atoms with Gasteiger partial charge in [-0.05, 0) is 36.2 Å². The van der Waals surface area contributed by atoms with Gasteiger partial charge < -0.3 is 15.6 Å². The molecule has 3 rings (SSSR count). The maximum Gasteiger partial charge on any atom is 0.272 e. The van der Waals surface area contributed by atoms with Crippen molar-refractivity contribution >= 4 is 11.6 Å². The highest BCUT2D eigenvalue weighted by molar-refractivity contribution is 6.03. The normalized spacial score (nSPS) is 13.6. The monoisotopic (exact) mass is 269 g/mol. The number of carbonyl (C=O) groups is 1. The minimum absolute atomic E-state index is 0.268. The quantitative estimate of drug-likeness (QED) is 0.768. The van der Waals surface area contributed by atoms with Crippen molar-refractivity contribution in [1.82, 2.24) is 10.3 Å². The molecule has 1 amide bonds. The van der Waals surface area contributed by atoms with Crippen molar-refractivity contribution in [2.45, 2.75) is 13.0 Å². The Hall–Kier alpha value is -2.40. The largest absolute Gasteiger partial charge is 0.320 e. The Balaban J connectivity index is 1.88. The van der Waals surface area contributed by atoms with E-state index in [1.54, 1.807) is 12.1 Å². The Bertz CT molecular complexity index is 706. The SMILES string of the molecule is O=C(Nc1cccc2c1CCNC2)c1cccc(=O)[nH]1. The second-order valence-corrected chi connectivity index (χ2v) is 4.75. The number of hydrogen-bond donors (Lipinski definition) is 3.